The van der Waals surface area contributed by atoms with Crippen LogP contribution in [0.3, 0.4) is 0 Å². The van der Waals surface area contributed by atoms with Crippen LogP contribution in [0.1, 0.15) is 44.9 Å². The molecule has 0 saturated carbocycles. The molecule has 3 heteroatoms. The van der Waals surface area contributed by atoms with Crippen LogP contribution in [0.4, 0.5) is 5.69 Å². The number of alkyl halides is 1. The molecule has 0 spiro atoms. The van der Waals surface area contributed by atoms with Gasteiger partial charge in [-0.05, 0) is 25.0 Å². The van der Waals surface area contributed by atoms with Gasteiger partial charge in [-0.3, -0.25) is 0 Å². The number of ether oxygens (including phenoxy) is 1. The van der Waals surface area contributed by atoms with Gasteiger partial charge in [0, 0.05) is 31.2 Å². The van der Waals surface area contributed by atoms with Crippen molar-refractivity contribution in [2.75, 3.05) is 30.9 Å². The fraction of sp³-hybridized carbons (Fsp3) is 0.647. The molecule has 0 N–H and O–H groups in total. The predicted molar refractivity (Wildman–Crippen MR) is 92.4 cm³/mol. The Morgan fingerprint density at radius 3 is 2.25 bits per heavy atom. The van der Waals surface area contributed by atoms with Crippen molar-refractivity contribution in [1.29, 1.82) is 0 Å². The topological polar surface area (TPSA) is 12.5 Å². The summed E-state index contributed by atoms with van der Waals surface area (Å²) >= 11 is 3.47. The van der Waals surface area contributed by atoms with Crippen LogP contribution in [0, 0.1) is 0 Å². The molecule has 0 aliphatic rings. The number of hydrogen-bond acceptors (Lipinski definition) is 2. The highest BCUT2D eigenvalue weighted by Gasteiger charge is 1.98. The normalized spacial score (nSPS) is 10.6. The molecule has 0 aliphatic carbocycles. The molecule has 0 aliphatic heterocycles. The highest BCUT2D eigenvalue weighted by atomic mass is 79.9. The van der Waals surface area contributed by atoms with Crippen molar-refractivity contribution >= 4 is 21.6 Å². The van der Waals surface area contributed by atoms with Crippen LogP contribution in [0.15, 0.2) is 24.3 Å². The SMILES string of the molecule is CN(C)c1cccc(OCCCCCCCCCBr)c1. The van der Waals surface area contributed by atoms with Crippen molar-refractivity contribution < 1.29 is 4.74 Å². The second kappa shape index (κ2) is 11.0. The molecule has 20 heavy (non-hydrogen) atoms. The second-order valence-corrected chi connectivity index (χ2v) is 6.20. The summed E-state index contributed by atoms with van der Waals surface area (Å²) in [4.78, 5) is 2.10. The van der Waals surface area contributed by atoms with Gasteiger partial charge in [0.05, 0.1) is 6.61 Å². The third-order valence-electron chi connectivity index (χ3n) is 3.38. The van der Waals surface area contributed by atoms with Crippen LogP contribution in [0.5, 0.6) is 5.75 Å². The lowest BCUT2D eigenvalue weighted by atomic mass is 10.1. The first kappa shape index (κ1) is 17.4. The fourth-order valence-corrected chi connectivity index (χ4v) is 2.52. The third-order valence-corrected chi connectivity index (χ3v) is 3.94. The standard InChI is InChI=1S/C17H28BrNO/c1-19(2)16-11-10-12-17(15-16)20-14-9-7-5-3-4-6-8-13-18/h10-12,15H,3-9,13-14H2,1-2H3. The van der Waals surface area contributed by atoms with Gasteiger partial charge in [0.2, 0.25) is 0 Å². The predicted octanol–water partition coefficient (Wildman–Crippen LogP) is 5.26. The Labute approximate surface area is 132 Å². The average molecular weight is 342 g/mol. The van der Waals surface area contributed by atoms with E-state index in [9.17, 15) is 0 Å². The summed E-state index contributed by atoms with van der Waals surface area (Å²) in [6.07, 6.45) is 9.18. The lowest BCUT2D eigenvalue weighted by Crippen LogP contribution is -2.08. The molecule has 1 aromatic carbocycles. The van der Waals surface area contributed by atoms with E-state index in [-0.39, 0.29) is 0 Å². The lowest BCUT2D eigenvalue weighted by Gasteiger charge is -2.14. The van der Waals surface area contributed by atoms with Gasteiger partial charge in [0.25, 0.3) is 0 Å². The van der Waals surface area contributed by atoms with Crippen LogP contribution in [0.25, 0.3) is 0 Å². The van der Waals surface area contributed by atoms with E-state index in [4.69, 9.17) is 4.74 Å². The minimum atomic E-state index is 0.832. The number of benzene rings is 1. The lowest BCUT2D eigenvalue weighted by molar-refractivity contribution is 0.304. The van der Waals surface area contributed by atoms with E-state index in [2.05, 4.69) is 53.1 Å². The molecule has 0 unspecified atom stereocenters. The number of nitrogens with zero attached hydrogens (tertiary/aromatic N) is 1. The van der Waals surface area contributed by atoms with Gasteiger partial charge in [-0.15, -0.1) is 0 Å². The van der Waals surface area contributed by atoms with E-state index in [0.717, 1.165) is 24.1 Å². The molecule has 0 heterocycles. The first-order chi connectivity index (χ1) is 9.74. The van der Waals surface area contributed by atoms with Crippen LogP contribution in [-0.4, -0.2) is 26.0 Å². The zero-order valence-corrected chi connectivity index (χ0v) is 14.5. The Morgan fingerprint density at radius 1 is 0.950 bits per heavy atom. The maximum absolute atomic E-state index is 5.81. The number of rotatable bonds is 11. The van der Waals surface area contributed by atoms with Crippen LogP contribution in [0.2, 0.25) is 0 Å². The van der Waals surface area contributed by atoms with Gasteiger partial charge in [-0.2, -0.15) is 0 Å². The summed E-state index contributed by atoms with van der Waals surface area (Å²) in [7, 11) is 4.10. The quantitative estimate of drug-likeness (QED) is 0.402. The Kier molecular flexibility index (Phi) is 9.56. The van der Waals surface area contributed by atoms with Crippen molar-refractivity contribution in [2.45, 2.75) is 44.9 Å². The molecule has 0 fully saturated rings. The minimum Gasteiger partial charge on any atom is -0.494 e. The summed E-state index contributed by atoms with van der Waals surface area (Å²) in [6, 6.07) is 8.28. The molecule has 0 amide bonds. The first-order valence-corrected chi connectivity index (χ1v) is 8.82. The minimum absolute atomic E-state index is 0.832. The molecule has 0 aromatic heterocycles. The number of unbranched alkanes of at least 4 members (excludes halogenated alkanes) is 6. The maximum atomic E-state index is 5.81. The molecule has 1 rings (SSSR count). The van der Waals surface area contributed by atoms with Crippen LogP contribution in [-0.2, 0) is 0 Å². The molecule has 2 nitrogen and oxygen atoms in total. The van der Waals surface area contributed by atoms with E-state index in [0.29, 0.717) is 0 Å². The van der Waals surface area contributed by atoms with E-state index in [1.54, 1.807) is 0 Å². The van der Waals surface area contributed by atoms with E-state index < -0.39 is 0 Å². The first-order valence-electron chi connectivity index (χ1n) is 7.70. The van der Waals surface area contributed by atoms with Gasteiger partial charge in [-0.1, -0.05) is 54.1 Å². The highest BCUT2D eigenvalue weighted by Crippen LogP contribution is 2.19. The molecule has 114 valence electrons. The van der Waals surface area contributed by atoms with Crippen molar-refractivity contribution in [2.24, 2.45) is 0 Å². The zero-order chi connectivity index (χ0) is 14.6. The van der Waals surface area contributed by atoms with E-state index in [1.165, 1.54) is 44.2 Å². The number of anilines is 1. The monoisotopic (exact) mass is 341 g/mol. The van der Waals surface area contributed by atoms with Crippen molar-refractivity contribution in [3.8, 4) is 5.75 Å². The third kappa shape index (κ3) is 7.78. The van der Waals surface area contributed by atoms with Gasteiger partial charge in [0.1, 0.15) is 5.75 Å². The molecule has 0 saturated heterocycles. The Balaban J connectivity index is 2.05. The van der Waals surface area contributed by atoms with E-state index in [1.807, 2.05) is 6.07 Å². The zero-order valence-electron chi connectivity index (χ0n) is 12.9. The Morgan fingerprint density at radius 2 is 1.60 bits per heavy atom. The van der Waals surface area contributed by atoms with Crippen molar-refractivity contribution in [3.63, 3.8) is 0 Å². The Bertz CT molecular complexity index is 355. The van der Waals surface area contributed by atoms with Gasteiger partial charge >= 0.3 is 0 Å². The molecule has 0 atom stereocenters. The van der Waals surface area contributed by atoms with Gasteiger partial charge < -0.3 is 9.64 Å². The molecular weight excluding hydrogens is 314 g/mol. The second-order valence-electron chi connectivity index (χ2n) is 5.40. The molecule has 0 bridgehead atoms. The maximum Gasteiger partial charge on any atom is 0.121 e. The summed E-state index contributed by atoms with van der Waals surface area (Å²) in [5.41, 5.74) is 1.19. The van der Waals surface area contributed by atoms with Crippen molar-refractivity contribution in [3.05, 3.63) is 24.3 Å². The van der Waals surface area contributed by atoms with Gasteiger partial charge in [-0.25, -0.2) is 0 Å². The molecule has 0 radical (unpaired) electrons. The Hall–Kier alpha value is -0.700. The highest BCUT2D eigenvalue weighted by molar-refractivity contribution is 9.09. The van der Waals surface area contributed by atoms with Crippen LogP contribution >= 0.6 is 15.9 Å². The largest absolute Gasteiger partial charge is 0.494 e. The van der Waals surface area contributed by atoms with Crippen LogP contribution < -0.4 is 9.64 Å². The summed E-state index contributed by atoms with van der Waals surface area (Å²) in [5, 5.41) is 1.15. The number of hydrogen-bond donors (Lipinski definition) is 0. The van der Waals surface area contributed by atoms with Crippen molar-refractivity contribution in [1.82, 2.24) is 0 Å². The fourth-order valence-electron chi connectivity index (χ4n) is 2.12. The van der Waals surface area contributed by atoms with Gasteiger partial charge in [0.15, 0.2) is 0 Å². The summed E-state index contributed by atoms with van der Waals surface area (Å²) in [5.74, 6) is 0.980. The average Bonchev–Trinajstić information content (AvgIpc) is 2.46. The summed E-state index contributed by atoms with van der Waals surface area (Å²) < 4.78 is 5.81. The number of halogens is 1. The smallest absolute Gasteiger partial charge is 0.121 e. The summed E-state index contributed by atoms with van der Waals surface area (Å²) in [6.45, 7) is 0.832. The molecular formula is C17H28BrNO. The van der Waals surface area contributed by atoms with E-state index >= 15 is 0 Å². The molecule has 1 aromatic rings.